The number of carbonyl (C=O) groups is 2. The molecule has 6 heteroatoms. The van der Waals surface area contributed by atoms with Gasteiger partial charge in [-0.3, -0.25) is 4.79 Å². The predicted octanol–water partition coefficient (Wildman–Crippen LogP) is 2.86. The van der Waals surface area contributed by atoms with Crippen molar-refractivity contribution in [2.45, 2.75) is 49.0 Å². The monoisotopic (exact) mass is 382 g/mol. The summed E-state index contributed by atoms with van der Waals surface area (Å²) in [5, 5.41) is 0. The molecule has 5 nitrogen and oxygen atoms in total. The zero-order valence-electron chi connectivity index (χ0n) is 13.1. The third-order valence-corrected chi connectivity index (χ3v) is 4.90. The van der Waals surface area contributed by atoms with Gasteiger partial charge >= 0.3 is 5.97 Å². The van der Waals surface area contributed by atoms with Crippen LogP contribution in [0.3, 0.4) is 0 Å². The lowest BCUT2D eigenvalue weighted by Crippen LogP contribution is -2.51. The summed E-state index contributed by atoms with van der Waals surface area (Å²) < 4.78 is 17.0. The third kappa shape index (κ3) is 3.49. The predicted molar refractivity (Wildman–Crippen MR) is 86.4 cm³/mol. The Kier molecular flexibility index (Phi) is 4.33. The first-order valence-corrected chi connectivity index (χ1v) is 8.49. The molecule has 124 valence electrons. The maximum atomic E-state index is 12.5. The molecule has 0 bridgehead atoms. The second kappa shape index (κ2) is 6.00. The van der Waals surface area contributed by atoms with Crippen LogP contribution in [0, 0.1) is 0 Å². The molecule has 3 atom stereocenters. The van der Waals surface area contributed by atoms with E-state index < -0.39 is 23.5 Å². The zero-order chi connectivity index (χ0) is 16.7. The van der Waals surface area contributed by atoms with Crippen LogP contribution in [-0.2, 0) is 19.0 Å². The standard InChI is InChI=1S/C17H19BrO5/c1-16(2)21-10-17(23-16)8-12(18)14(13(19)9-17)22-15(20)11-6-4-3-5-7-11/h3-7,12,14H,8-10H2,1-2H3/t12-,14+,17-/m0/s1. The van der Waals surface area contributed by atoms with E-state index in [0.29, 0.717) is 18.6 Å². The van der Waals surface area contributed by atoms with Gasteiger partial charge in [0.05, 0.1) is 17.0 Å². The number of ketones is 1. The first-order valence-electron chi connectivity index (χ1n) is 7.57. The maximum absolute atomic E-state index is 12.5. The molecule has 2 fully saturated rings. The Labute approximate surface area is 143 Å². The van der Waals surface area contributed by atoms with Gasteiger partial charge in [-0.2, -0.15) is 0 Å². The summed E-state index contributed by atoms with van der Waals surface area (Å²) in [6, 6.07) is 8.66. The van der Waals surface area contributed by atoms with E-state index in [9.17, 15) is 9.59 Å². The largest absolute Gasteiger partial charge is 0.450 e. The maximum Gasteiger partial charge on any atom is 0.338 e. The second-order valence-electron chi connectivity index (χ2n) is 6.53. The van der Waals surface area contributed by atoms with Crippen molar-refractivity contribution in [3.63, 3.8) is 0 Å². The lowest BCUT2D eigenvalue weighted by Gasteiger charge is -2.38. The van der Waals surface area contributed by atoms with Gasteiger partial charge in [-0.05, 0) is 32.4 Å². The normalized spacial score (nSPS) is 32.9. The second-order valence-corrected chi connectivity index (χ2v) is 7.70. The van der Waals surface area contributed by atoms with Gasteiger partial charge < -0.3 is 14.2 Å². The minimum Gasteiger partial charge on any atom is -0.450 e. The lowest BCUT2D eigenvalue weighted by atomic mass is 9.82. The van der Waals surface area contributed by atoms with Crippen molar-refractivity contribution in [3.05, 3.63) is 35.9 Å². The summed E-state index contributed by atoms with van der Waals surface area (Å²) in [6.07, 6.45) is -0.0687. The molecule has 0 N–H and O–H groups in total. The average Bonchev–Trinajstić information content (AvgIpc) is 2.78. The van der Waals surface area contributed by atoms with Crippen molar-refractivity contribution in [1.29, 1.82) is 0 Å². The van der Waals surface area contributed by atoms with Crippen LogP contribution in [0.15, 0.2) is 30.3 Å². The van der Waals surface area contributed by atoms with Gasteiger partial charge in [0.25, 0.3) is 0 Å². The molecule has 1 spiro atoms. The molecular formula is C17H19BrO5. The van der Waals surface area contributed by atoms with E-state index in [2.05, 4.69) is 15.9 Å². The van der Waals surface area contributed by atoms with Gasteiger partial charge in [0.2, 0.25) is 0 Å². The van der Waals surface area contributed by atoms with Crippen LogP contribution in [0.4, 0.5) is 0 Å². The molecule has 1 aromatic rings. The van der Waals surface area contributed by atoms with Crippen LogP contribution in [0.2, 0.25) is 0 Å². The molecule has 1 saturated heterocycles. The third-order valence-electron chi connectivity index (χ3n) is 4.10. The van der Waals surface area contributed by atoms with E-state index in [1.807, 2.05) is 19.9 Å². The van der Waals surface area contributed by atoms with Gasteiger partial charge in [-0.1, -0.05) is 34.1 Å². The minimum absolute atomic E-state index is 0.149. The van der Waals surface area contributed by atoms with Crippen molar-refractivity contribution < 1.29 is 23.8 Å². The highest BCUT2D eigenvalue weighted by atomic mass is 79.9. The Morgan fingerprint density at radius 1 is 1.30 bits per heavy atom. The van der Waals surface area contributed by atoms with Crippen LogP contribution in [0.5, 0.6) is 0 Å². The number of Topliss-reactive ketones (excluding diaryl/α,β-unsaturated/α-hetero) is 1. The van der Waals surface area contributed by atoms with Crippen LogP contribution in [0.25, 0.3) is 0 Å². The van der Waals surface area contributed by atoms with E-state index >= 15 is 0 Å². The quantitative estimate of drug-likeness (QED) is 0.581. The SMILES string of the molecule is CC1(C)OC[C@]2(CC(=O)[C@H](OC(=O)c3ccccc3)[C@@H](Br)C2)O1. The zero-order valence-corrected chi connectivity index (χ0v) is 14.7. The summed E-state index contributed by atoms with van der Waals surface area (Å²) in [5.41, 5.74) is -0.202. The van der Waals surface area contributed by atoms with Gasteiger partial charge in [0, 0.05) is 6.42 Å². The fourth-order valence-corrected chi connectivity index (χ4v) is 4.12. The van der Waals surface area contributed by atoms with Crippen molar-refractivity contribution in [1.82, 2.24) is 0 Å². The van der Waals surface area contributed by atoms with Crippen molar-refractivity contribution >= 4 is 27.7 Å². The van der Waals surface area contributed by atoms with Crippen molar-refractivity contribution in [2.24, 2.45) is 0 Å². The van der Waals surface area contributed by atoms with Crippen LogP contribution in [-0.4, -0.2) is 40.7 Å². The summed E-state index contributed by atoms with van der Waals surface area (Å²) in [6.45, 7) is 4.03. The smallest absolute Gasteiger partial charge is 0.338 e. The molecule has 1 saturated carbocycles. The van der Waals surface area contributed by atoms with E-state index in [1.54, 1.807) is 24.3 Å². The number of carbonyl (C=O) groups excluding carboxylic acids is 2. The number of hydrogen-bond acceptors (Lipinski definition) is 5. The molecule has 23 heavy (non-hydrogen) atoms. The molecule has 1 aromatic carbocycles. The molecular weight excluding hydrogens is 364 g/mol. The van der Waals surface area contributed by atoms with E-state index in [1.165, 1.54) is 0 Å². The number of halogens is 1. The Morgan fingerprint density at radius 2 is 2.00 bits per heavy atom. The van der Waals surface area contributed by atoms with Crippen LogP contribution in [0.1, 0.15) is 37.0 Å². The molecule has 2 aliphatic rings. The number of hydrogen-bond donors (Lipinski definition) is 0. The summed E-state index contributed by atoms with van der Waals surface area (Å²) >= 11 is 3.49. The molecule has 3 rings (SSSR count). The topological polar surface area (TPSA) is 61.8 Å². The number of rotatable bonds is 2. The molecule has 0 aromatic heterocycles. The van der Waals surface area contributed by atoms with E-state index in [-0.39, 0.29) is 17.0 Å². The molecule has 0 radical (unpaired) electrons. The van der Waals surface area contributed by atoms with Crippen molar-refractivity contribution in [2.75, 3.05) is 6.61 Å². The van der Waals surface area contributed by atoms with E-state index in [4.69, 9.17) is 14.2 Å². The highest BCUT2D eigenvalue weighted by Gasteiger charge is 2.53. The number of ether oxygens (including phenoxy) is 3. The molecule has 1 aliphatic heterocycles. The lowest BCUT2D eigenvalue weighted by molar-refractivity contribution is -0.173. The number of benzene rings is 1. The summed E-state index contributed by atoms with van der Waals surface area (Å²) in [5.74, 6) is -1.34. The molecule has 0 unspecified atom stereocenters. The molecule has 1 aliphatic carbocycles. The van der Waals surface area contributed by atoms with E-state index in [0.717, 1.165) is 0 Å². The van der Waals surface area contributed by atoms with Gasteiger partial charge in [0.1, 0.15) is 5.60 Å². The number of alkyl halides is 1. The molecule has 1 heterocycles. The van der Waals surface area contributed by atoms with Gasteiger partial charge in [-0.25, -0.2) is 4.79 Å². The Morgan fingerprint density at radius 3 is 2.57 bits per heavy atom. The molecule has 0 amide bonds. The summed E-state index contributed by atoms with van der Waals surface area (Å²) in [7, 11) is 0. The average molecular weight is 383 g/mol. The Bertz CT molecular complexity index is 615. The van der Waals surface area contributed by atoms with Gasteiger partial charge in [0.15, 0.2) is 17.7 Å². The first-order chi connectivity index (χ1) is 10.8. The summed E-state index contributed by atoms with van der Waals surface area (Å²) in [4.78, 5) is 24.4. The van der Waals surface area contributed by atoms with Gasteiger partial charge in [-0.15, -0.1) is 0 Å². The first kappa shape index (κ1) is 16.6. The number of esters is 1. The minimum atomic E-state index is -0.805. The van der Waals surface area contributed by atoms with Crippen molar-refractivity contribution in [3.8, 4) is 0 Å². The van der Waals surface area contributed by atoms with Crippen LogP contribution >= 0.6 is 15.9 Å². The Balaban J connectivity index is 1.69. The Hall–Kier alpha value is -1.24. The van der Waals surface area contributed by atoms with Crippen LogP contribution < -0.4 is 0 Å². The fraction of sp³-hybridized carbons (Fsp3) is 0.529. The fourth-order valence-electron chi connectivity index (χ4n) is 3.12. The highest BCUT2D eigenvalue weighted by Crippen LogP contribution is 2.42. The highest BCUT2D eigenvalue weighted by molar-refractivity contribution is 9.09.